The lowest BCUT2D eigenvalue weighted by Gasteiger charge is -2.25. The number of ether oxygens (including phenoxy) is 1. The topological polar surface area (TPSA) is 41.5 Å². The highest BCUT2D eigenvalue weighted by Crippen LogP contribution is 2.46. The second-order valence-corrected chi connectivity index (χ2v) is 5.09. The van der Waals surface area contributed by atoms with Crippen molar-refractivity contribution in [2.24, 2.45) is 0 Å². The van der Waals surface area contributed by atoms with E-state index in [9.17, 15) is 5.11 Å². The monoisotopic (exact) mass is 269 g/mol. The summed E-state index contributed by atoms with van der Waals surface area (Å²) in [5.41, 5.74) is 0.469. The molecule has 2 heterocycles. The average Bonchev–Trinajstić information content (AvgIpc) is 2.78. The van der Waals surface area contributed by atoms with Crippen LogP contribution in [-0.2, 0) is 0 Å². The van der Waals surface area contributed by atoms with Crippen LogP contribution in [0.2, 0.25) is 0 Å². The van der Waals surface area contributed by atoms with Gasteiger partial charge in [0.15, 0.2) is 5.60 Å². The average molecular weight is 270 g/mol. The summed E-state index contributed by atoms with van der Waals surface area (Å²) in [6.45, 7) is 1.63. The zero-order valence-electron chi connectivity index (χ0n) is 8.16. The van der Waals surface area contributed by atoms with Crippen LogP contribution in [0.5, 0.6) is 5.75 Å². The maximum absolute atomic E-state index is 10.3. The van der Waals surface area contributed by atoms with Gasteiger partial charge < -0.3 is 15.2 Å². The molecule has 4 heteroatoms. The zero-order valence-corrected chi connectivity index (χ0v) is 9.75. The maximum atomic E-state index is 10.3. The first-order valence-electron chi connectivity index (χ1n) is 5.09. The predicted octanol–water partition coefficient (Wildman–Crippen LogP) is 1.61. The summed E-state index contributed by atoms with van der Waals surface area (Å²) in [6.07, 6.45) is 0.348. The predicted molar refractivity (Wildman–Crippen MR) is 59.9 cm³/mol. The molecule has 2 atom stereocenters. The molecule has 80 valence electrons. The van der Waals surface area contributed by atoms with Gasteiger partial charge in [0, 0.05) is 23.0 Å². The van der Waals surface area contributed by atoms with E-state index in [1.807, 2.05) is 18.2 Å². The van der Waals surface area contributed by atoms with Crippen molar-refractivity contribution in [1.82, 2.24) is 5.32 Å². The van der Waals surface area contributed by atoms with Crippen molar-refractivity contribution in [3.05, 3.63) is 28.2 Å². The Labute approximate surface area is 96.6 Å². The fourth-order valence-electron chi connectivity index (χ4n) is 2.39. The molecule has 0 aromatic heterocycles. The van der Waals surface area contributed by atoms with Gasteiger partial charge in [-0.3, -0.25) is 0 Å². The molecule has 3 nitrogen and oxygen atoms in total. The van der Waals surface area contributed by atoms with E-state index in [1.54, 1.807) is 0 Å². The molecule has 2 aliphatic rings. The standard InChI is InChI=1S/C11H12BrNO2/c12-7-1-2-9-8(5-7)10(14)11(15-9)3-4-13-6-11/h1-2,5,10,13-14H,3-4,6H2. The molecule has 0 amide bonds. The molecule has 1 aromatic carbocycles. The van der Waals surface area contributed by atoms with Crippen molar-refractivity contribution in [3.8, 4) is 5.75 Å². The van der Waals surface area contributed by atoms with Crippen LogP contribution >= 0.6 is 15.9 Å². The molecule has 2 unspecified atom stereocenters. The smallest absolute Gasteiger partial charge is 0.152 e. The summed E-state index contributed by atoms with van der Waals surface area (Å²) in [5, 5.41) is 13.5. The van der Waals surface area contributed by atoms with Crippen molar-refractivity contribution in [1.29, 1.82) is 0 Å². The highest BCUT2D eigenvalue weighted by molar-refractivity contribution is 9.10. The third-order valence-electron chi connectivity index (χ3n) is 3.23. The number of halogens is 1. The van der Waals surface area contributed by atoms with Gasteiger partial charge >= 0.3 is 0 Å². The number of hydrogen-bond acceptors (Lipinski definition) is 3. The van der Waals surface area contributed by atoms with E-state index in [1.165, 1.54) is 0 Å². The van der Waals surface area contributed by atoms with E-state index in [0.29, 0.717) is 0 Å². The number of hydrogen-bond donors (Lipinski definition) is 2. The number of nitrogens with one attached hydrogen (secondary N) is 1. The third-order valence-corrected chi connectivity index (χ3v) is 3.72. The van der Waals surface area contributed by atoms with Gasteiger partial charge in [0.1, 0.15) is 11.9 Å². The molecule has 2 N–H and O–H groups in total. The summed E-state index contributed by atoms with van der Waals surface area (Å²) in [5.74, 6) is 0.814. The van der Waals surface area contributed by atoms with Gasteiger partial charge in [-0.1, -0.05) is 15.9 Å². The molecule has 0 saturated carbocycles. The quantitative estimate of drug-likeness (QED) is 0.752. The number of rotatable bonds is 0. The molecule has 0 radical (unpaired) electrons. The molecule has 1 saturated heterocycles. The van der Waals surface area contributed by atoms with Crippen LogP contribution in [0, 0.1) is 0 Å². The SMILES string of the molecule is OC1c2cc(Br)ccc2OC12CCNC2. The maximum Gasteiger partial charge on any atom is 0.152 e. The second-order valence-electron chi connectivity index (χ2n) is 4.18. The number of aliphatic hydroxyl groups excluding tert-OH is 1. The van der Waals surface area contributed by atoms with Gasteiger partial charge in [-0.05, 0) is 24.7 Å². The van der Waals surface area contributed by atoms with Gasteiger partial charge in [-0.25, -0.2) is 0 Å². The van der Waals surface area contributed by atoms with E-state index >= 15 is 0 Å². The van der Waals surface area contributed by atoms with Gasteiger partial charge in [-0.2, -0.15) is 0 Å². The van der Waals surface area contributed by atoms with E-state index in [2.05, 4.69) is 21.2 Å². The fourth-order valence-corrected chi connectivity index (χ4v) is 2.77. The summed E-state index contributed by atoms with van der Waals surface area (Å²) < 4.78 is 6.87. The van der Waals surface area contributed by atoms with Crippen molar-refractivity contribution in [2.75, 3.05) is 13.1 Å². The minimum atomic E-state index is -0.514. The molecule has 0 aliphatic carbocycles. The van der Waals surface area contributed by atoms with Gasteiger partial charge in [0.25, 0.3) is 0 Å². The molecule has 1 aromatic rings. The Morgan fingerprint density at radius 2 is 2.40 bits per heavy atom. The molecule has 3 rings (SSSR count). The van der Waals surface area contributed by atoms with Crippen molar-refractivity contribution >= 4 is 15.9 Å². The molecular weight excluding hydrogens is 258 g/mol. The van der Waals surface area contributed by atoms with E-state index in [0.717, 1.165) is 35.3 Å². The van der Waals surface area contributed by atoms with E-state index in [-0.39, 0.29) is 0 Å². The minimum Gasteiger partial charge on any atom is -0.482 e. The van der Waals surface area contributed by atoms with Crippen molar-refractivity contribution in [3.63, 3.8) is 0 Å². The summed E-state index contributed by atoms with van der Waals surface area (Å²) in [4.78, 5) is 0. The highest BCUT2D eigenvalue weighted by atomic mass is 79.9. The highest BCUT2D eigenvalue weighted by Gasteiger charge is 2.49. The first kappa shape index (κ1) is 9.63. The van der Waals surface area contributed by atoms with Crippen LogP contribution in [0.3, 0.4) is 0 Å². The van der Waals surface area contributed by atoms with Crippen molar-refractivity contribution in [2.45, 2.75) is 18.1 Å². The van der Waals surface area contributed by atoms with E-state index < -0.39 is 11.7 Å². The molecular formula is C11H12BrNO2. The lowest BCUT2D eigenvalue weighted by molar-refractivity contribution is -0.0126. The number of benzene rings is 1. The Balaban J connectivity index is 2.04. The summed E-state index contributed by atoms with van der Waals surface area (Å²) >= 11 is 3.41. The first-order chi connectivity index (χ1) is 7.21. The lowest BCUT2D eigenvalue weighted by Crippen LogP contribution is -2.40. The Morgan fingerprint density at radius 3 is 3.13 bits per heavy atom. The van der Waals surface area contributed by atoms with Crippen molar-refractivity contribution < 1.29 is 9.84 Å². The molecule has 0 bridgehead atoms. The lowest BCUT2D eigenvalue weighted by atomic mass is 9.93. The van der Waals surface area contributed by atoms with Crippen LogP contribution in [0.4, 0.5) is 0 Å². The van der Waals surface area contributed by atoms with Gasteiger partial charge in [0.05, 0.1) is 0 Å². The molecule has 15 heavy (non-hydrogen) atoms. The second kappa shape index (κ2) is 3.20. The Bertz CT molecular complexity index is 402. The Kier molecular flexibility index (Phi) is 2.06. The van der Waals surface area contributed by atoms with E-state index in [4.69, 9.17) is 4.74 Å². The van der Waals surface area contributed by atoms with Crippen LogP contribution in [0.15, 0.2) is 22.7 Å². The third kappa shape index (κ3) is 1.32. The van der Waals surface area contributed by atoms with Crippen LogP contribution in [-0.4, -0.2) is 23.8 Å². The van der Waals surface area contributed by atoms with Crippen LogP contribution < -0.4 is 10.1 Å². The molecule has 1 spiro atoms. The summed E-state index contributed by atoms with van der Waals surface area (Å²) in [7, 11) is 0. The Morgan fingerprint density at radius 1 is 1.53 bits per heavy atom. The van der Waals surface area contributed by atoms with Crippen LogP contribution in [0.25, 0.3) is 0 Å². The molecule has 1 fully saturated rings. The largest absolute Gasteiger partial charge is 0.482 e. The fraction of sp³-hybridized carbons (Fsp3) is 0.455. The van der Waals surface area contributed by atoms with Crippen LogP contribution in [0.1, 0.15) is 18.1 Å². The molecule has 2 aliphatic heterocycles. The zero-order chi connectivity index (χ0) is 10.5. The van der Waals surface area contributed by atoms with Gasteiger partial charge in [0.2, 0.25) is 0 Å². The summed E-state index contributed by atoms with van der Waals surface area (Å²) in [6, 6.07) is 5.79. The number of aliphatic hydroxyl groups is 1. The number of fused-ring (bicyclic) bond motifs is 1. The Hall–Kier alpha value is -0.580. The van der Waals surface area contributed by atoms with Gasteiger partial charge in [-0.15, -0.1) is 0 Å². The first-order valence-corrected chi connectivity index (χ1v) is 5.88. The normalized spacial score (nSPS) is 33.1. The minimum absolute atomic E-state index is 0.427.